The Labute approximate surface area is 85.3 Å². The van der Waals surface area contributed by atoms with Gasteiger partial charge in [-0.15, -0.1) is 0 Å². The third kappa shape index (κ3) is 1.13. The Hall–Kier alpha value is -0.500. The average molecular weight is 194 g/mol. The molecule has 3 fully saturated rings. The van der Waals surface area contributed by atoms with Crippen molar-refractivity contribution in [3.63, 3.8) is 0 Å². The van der Waals surface area contributed by atoms with E-state index in [2.05, 4.69) is 6.58 Å². The minimum atomic E-state index is 0.507. The summed E-state index contributed by atoms with van der Waals surface area (Å²) < 4.78 is 11.3. The van der Waals surface area contributed by atoms with Crippen LogP contribution in [0.2, 0.25) is 0 Å². The van der Waals surface area contributed by atoms with Gasteiger partial charge in [0.25, 0.3) is 0 Å². The van der Waals surface area contributed by atoms with E-state index in [0.29, 0.717) is 18.1 Å². The molecule has 0 radical (unpaired) electrons. The maximum atomic E-state index is 6.03. The molecule has 78 valence electrons. The smallest absolute Gasteiger partial charge is 0.0927 e. The van der Waals surface area contributed by atoms with Crippen molar-refractivity contribution >= 4 is 0 Å². The van der Waals surface area contributed by atoms with Gasteiger partial charge in [0.2, 0.25) is 0 Å². The van der Waals surface area contributed by atoms with Crippen molar-refractivity contribution in [3.8, 4) is 0 Å². The monoisotopic (exact) mass is 194 g/mol. The summed E-state index contributed by atoms with van der Waals surface area (Å²) in [4.78, 5) is 0. The first-order valence-corrected chi connectivity index (χ1v) is 5.78. The predicted molar refractivity (Wildman–Crippen MR) is 53.7 cm³/mol. The summed E-state index contributed by atoms with van der Waals surface area (Å²) in [6.45, 7) is 4.40. The van der Waals surface area contributed by atoms with Gasteiger partial charge in [0.15, 0.2) is 0 Å². The maximum absolute atomic E-state index is 6.03. The molecule has 5 atom stereocenters. The van der Waals surface area contributed by atoms with Gasteiger partial charge in [0.1, 0.15) is 0 Å². The number of rotatable bonds is 3. The van der Waals surface area contributed by atoms with Crippen molar-refractivity contribution in [3.05, 3.63) is 12.8 Å². The van der Waals surface area contributed by atoms with Crippen LogP contribution in [-0.4, -0.2) is 18.8 Å². The maximum Gasteiger partial charge on any atom is 0.0927 e. The van der Waals surface area contributed by atoms with Crippen molar-refractivity contribution in [2.45, 2.75) is 37.9 Å². The molecule has 14 heavy (non-hydrogen) atoms. The van der Waals surface area contributed by atoms with Crippen LogP contribution in [0.1, 0.15) is 25.7 Å². The van der Waals surface area contributed by atoms with E-state index in [0.717, 1.165) is 18.4 Å². The molecule has 2 heterocycles. The van der Waals surface area contributed by atoms with Gasteiger partial charge in [-0.1, -0.05) is 13.0 Å². The highest BCUT2D eigenvalue weighted by Crippen LogP contribution is 2.53. The molecule has 2 aliphatic heterocycles. The third-order valence-electron chi connectivity index (χ3n) is 4.28. The van der Waals surface area contributed by atoms with Crippen LogP contribution in [0.3, 0.4) is 0 Å². The summed E-state index contributed by atoms with van der Waals surface area (Å²) in [5, 5.41) is 0. The normalized spacial score (nSPS) is 49.3. The molecule has 2 bridgehead atoms. The Morgan fingerprint density at radius 3 is 3.07 bits per heavy atom. The fourth-order valence-corrected chi connectivity index (χ4v) is 3.77. The highest BCUT2D eigenvalue weighted by Gasteiger charge is 2.55. The highest BCUT2D eigenvalue weighted by atomic mass is 16.5. The van der Waals surface area contributed by atoms with Gasteiger partial charge in [-0.05, 0) is 31.1 Å². The highest BCUT2D eigenvalue weighted by molar-refractivity contribution is 5.03. The zero-order valence-electron chi connectivity index (χ0n) is 8.52. The molecule has 2 heteroatoms. The molecule has 0 aromatic heterocycles. The average Bonchev–Trinajstić information content (AvgIpc) is 2.85. The molecule has 1 saturated carbocycles. The predicted octanol–water partition coefficient (Wildman–Crippen LogP) is 2.35. The standard InChI is InChI=1S/C12H18O2/c1-2-13-7-8-6-11-9-4-3-5-10(9)12(8)14-11/h2,8-12H,1,3-7H2. The quantitative estimate of drug-likeness (QED) is 0.642. The van der Waals surface area contributed by atoms with Crippen LogP contribution in [-0.2, 0) is 9.47 Å². The number of ether oxygens (including phenoxy) is 2. The molecule has 2 saturated heterocycles. The minimum absolute atomic E-state index is 0.507. The molecule has 1 aliphatic carbocycles. The zero-order valence-corrected chi connectivity index (χ0v) is 8.52. The summed E-state index contributed by atoms with van der Waals surface area (Å²) >= 11 is 0. The second kappa shape index (κ2) is 3.27. The zero-order chi connectivity index (χ0) is 9.54. The van der Waals surface area contributed by atoms with Gasteiger partial charge < -0.3 is 9.47 Å². The Morgan fingerprint density at radius 1 is 1.36 bits per heavy atom. The first-order valence-electron chi connectivity index (χ1n) is 5.78. The Kier molecular flexibility index (Phi) is 2.05. The first-order chi connectivity index (χ1) is 6.90. The molecular weight excluding hydrogens is 176 g/mol. The fourth-order valence-electron chi connectivity index (χ4n) is 3.77. The summed E-state index contributed by atoms with van der Waals surface area (Å²) in [6, 6.07) is 0. The van der Waals surface area contributed by atoms with E-state index >= 15 is 0 Å². The van der Waals surface area contributed by atoms with Crippen molar-refractivity contribution in [2.75, 3.05) is 6.61 Å². The molecule has 0 spiro atoms. The van der Waals surface area contributed by atoms with E-state index in [1.807, 2.05) is 0 Å². The lowest BCUT2D eigenvalue weighted by atomic mass is 9.76. The second-order valence-corrected chi connectivity index (χ2v) is 4.89. The largest absolute Gasteiger partial charge is 0.501 e. The Balaban J connectivity index is 1.68. The van der Waals surface area contributed by atoms with Crippen LogP contribution >= 0.6 is 0 Å². The van der Waals surface area contributed by atoms with E-state index in [1.165, 1.54) is 25.7 Å². The molecule has 0 aromatic rings. The summed E-state index contributed by atoms with van der Waals surface area (Å²) in [5.41, 5.74) is 0. The van der Waals surface area contributed by atoms with Gasteiger partial charge in [-0.2, -0.15) is 0 Å². The van der Waals surface area contributed by atoms with Crippen LogP contribution in [0.15, 0.2) is 12.8 Å². The molecule has 0 amide bonds. The van der Waals surface area contributed by atoms with Crippen LogP contribution < -0.4 is 0 Å². The van der Waals surface area contributed by atoms with E-state index in [1.54, 1.807) is 6.26 Å². The summed E-state index contributed by atoms with van der Waals surface area (Å²) in [5.74, 6) is 2.38. The van der Waals surface area contributed by atoms with Gasteiger partial charge in [0, 0.05) is 5.92 Å². The fraction of sp³-hybridized carbons (Fsp3) is 0.833. The Morgan fingerprint density at radius 2 is 2.21 bits per heavy atom. The lowest BCUT2D eigenvalue weighted by Crippen LogP contribution is -2.32. The minimum Gasteiger partial charge on any atom is -0.501 e. The van der Waals surface area contributed by atoms with Crippen molar-refractivity contribution < 1.29 is 9.47 Å². The van der Waals surface area contributed by atoms with E-state index in [9.17, 15) is 0 Å². The molecule has 2 nitrogen and oxygen atoms in total. The topological polar surface area (TPSA) is 18.5 Å². The van der Waals surface area contributed by atoms with E-state index < -0.39 is 0 Å². The van der Waals surface area contributed by atoms with Crippen molar-refractivity contribution in [1.29, 1.82) is 0 Å². The van der Waals surface area contributed by atoms with Gasteiger partial charge in [-0.3, -0.25) is 0 Å². The number of fused-ring (bicyclic) bond motifs is 5. The molecule has 3 rings (SSSR count). The first kappa shape index (κ1) is 8.78. The third-order valence-corrected chi connectivity index (χ3v) is 4.28. The molecule has 0 aromatic carbocycles. The van der Waals surface area contributed by atoms with Crippen molar-refractivity contribution in [2.24, 2.45) is 17.8 Å². The molecule has 0 N–H and O–H groups in total. The van der Waals surface area contributed by atoms with Crippen LogP contribution in [0.4, 0.5) is 0 Å². The molecule has 3 aliphatic rings. The van der Waals surface area contributed by atoms with Crippen LogP contribution in [0.5, 0.6) is 0 Å². The van der Waals surface area contributed by atoms with Crippen LogP contribution in [0.25, 0.3) is 0 Å². The second-order valence-electron chi connectivity index (χ2n) is 4.89. The van der Waals surface area contributed by atoms with Gasteiger partial charge >= 0.3 is 0 Å². The van der Waals surface area contributed by atoms with E-state index in [4.69, 9.17) is 9.47 Å². The number of hydrogen-bond donors (Lipinski definition) is 0. The summed E-state index contributed by atoms with van der Waals surface area (Å²) in [7, 11) is 0. The van der Waals surface area contributed by atoms with Gasteiger partial charge in [0.05, 0.1) is 25.1 Å². The molecule has 5 unspecified atom stereocenters. The Bertz CT molecular complexity index is 238. The van der Waals surface area contributed by atoms with Crippen LogP contribution in [0, 0.1) is 17.8 Å². The number of hydrogen-bond acceptors (Lipinski definition) is 2. The lowest BCUT2D eigenvalue weighted by molar-refractivity contribution is 0.0542. The SMILES string of the molecule is C=COCC1CC2OC1C1CCCC21. The molecular formula is C12H18O2. The van der Waals surface area contributed by atoms with E-state index in [-0.39, 0.29) is 0 Å². The van der Waals surface area contributed by atoms with Gasteiger partial charge in [-0.25, -0.2) is 0 Å². The van der Waals surface area contributed by atoms with Crippen molar-refractivity contribution in [1.82, 2.24) is 0 Å². The summed E-state index contributed by atoms with van der Waals surface area (Å²) in [6.07, 6.45) is 8.05. The lowest BCUT2D eigenvalue weighted by Gasteiger charge is -2.27.